The van der Waals surface area contributed by atoms with Crippen LogP contribution in [0.4, 0.5) is 0 Å². The van der Waals surface area contributed by atoms with E-state index in [0.717, 1.165) is 29.8 Å². The molecule has 13 heteroatoms. The van der Waals surface area contributed by atoms with Crippen molar-refractivity contribution in [3.05, 3.63) is 71.8 Å². The molecule has 0 aliphatic rings. The topological polar surface area (TPSA) is 161 Å². The van der Waals surface area contributed by atoms with Crippen LogP contribution in [0.5, 0.6) is 17.2 Å². The quantitative estimate of drug-likeness (QED) is 0.354. The average molecular weight is 515 g/mol. The Hall–Kier alpha value is -3.13. The van der Waals surface area contributed by atoms with E-state index in [1.54, 1.807) is 13.8 Å². The Morgan fingerprint density at radius 3 is 1.85 bits per heavy atom. The highest BCUT2D eigenvalue weighted by molar-refractivity contribution is 7.88. The molecule has 0 aliphatic carbocycles. The maximum absolute atomic E-state index is 12.6. The van der Waals surface area contributed by atoms with Crippen LogP contribution in [0.2, 0.25) is 0 Å². The van der Waals surface area contributed by atoms with Crippen LogP contribution in [-0.4, -0.2) is 34.9 Å². The summed E-state index contributed by atoms with van der Waals surface area (Å²) in [6.45, 7) is 3.36. The van der Waals surface area contributed by atoms with Gasteiger partial charge in [-0.05, 0) is 55.8 Å². The van der Waals surface area contributed by atoms with Gasteiger partial charge in [0.25, 0.3) is 10.1 Å². The molecule has 0 aromatic heterocycles. The van der Waals surface area contributed by atoms with Crippen LogP contribution in [0, 0.1) is 13.8 Å². The summed E-state index contributed by atoms with van der Waals surface area (Å²) in [7, 11) is -14.2. The Labute approximate surface area is 191 Å². The minimum Gasteiger partial charge on any atom is -0.506 e. The summed E-state index contributed by atoms with van der Waals surface area (Å²) < 4.78 is 93.0. The number of aromatic hydroxyl groups is 1. The lowest BCUT2D eigenvalue weighted by atomic mass is 10.2. The van der Waals surface area contributed by atoms with E-state index in [0.29, 0.717) is 11.6 Å². The van der Waals surface area contributed by atoms with E-state index in [9.17, 15) is 34.9 Å². The number of benzene rings is 3. The molecule has 0 heterocycles. The standard InChI is InChI=1S/C20H18O10S3/c1-13-3-7-16(8-4-13)32(25,26)29-15-6-9-18(20(12-15)31(22,23)24)30-33(27,28)19-10-5-14(2)11-17(19)21/h3-12,21H,1-2H3,(H,22,23,24). The second kappa shape index (κ2) is 8.67. The van der Waals surface area contributed by atoms with E-state index in [-0.39, 0.29) is 4.90 Å². The van der Waals surface area contributed by atoms with Crippen LogP contribution in [-0.2, 0) is 30.4 Å². The fourth-order valence-corrected chi connectivity index (χ4v) is 5.32. The summed E-state index contributed by atoms with van der Waals surface area (Å²) in [6, 6.07) is 11.6. The Morgan fingerprint density at radius 2 is 1.27 bits per heavy atom. The Morgan fingerprint density at radius 1 is 0.667 bits per heavy atom. The third kappa shape index (κ3) is 5.63. The number of rotatable bonds is 7. The SMILES string of the molecule is Cc1ccc(S(=O)(=O)Oc2ccc(OS(=O)(=O)c3ccc(C)cc3O)c(S(=O)(=O)O)c2)cc1. The molecule has 0 bridgehead atoms. The van der Waals surface area contributed by atoms with Crippen LogP contribution in [0.3, 0.4) is 0 Å². The van der Waals surface area contributed by atoms with E-state index in [4.69, 9.17) is 8.37 Å². The predicted octanol–water partition coefficient (Wildman–Crippen LogP) is 2.79. The Kier molecular flexibility index (Phi) is 6.44. The molecular weight excluding hydrogens is 496 g/mol. The van der Waals surface area contributed by atoms with Gasteiger partial charge in [-0.3, -0.25) is 4.55 Å². The van der Waals surface area contributed by atoms with Crippen molar-refractivity contribution in [3.63, 3.8) is 0 Å². The highest BCUT2D eigenvalue weighted by Gasteiger charge is 2.27. The fraction of sp³-hybridized carbons (Fsp3) is 0.100. The first kappa shape index (κ1) is 24.5. The lowest BCUT2D eigenvalue weighted by Gasteiger charge is -2.13. The van der Waals surface area contributed by atoms with Crippen molar-refractivity contribution in [2.45, 2.75) is 28.5 Å². The van der Waals surface area contributed by atoms with Crippen LogP contribution in [0.15, 0.2) is 75.4 Å². The normalized spacial score (nSPS) is 12.3. The molecular formula is C20H18O10S3. The van der Waals surface area contributed by atoms with E-state index in [1.807, 2.05) is 0 Å². The molecule has 0 fully saturated rings. The van der Waals surface area contributed by atoms with Gasteiger partial charge in [0, 0.05) is 6.07 Å². The average Bonchev–Trinajstić information content (AvgIpc) is 2.68. The summed E-state index contributed by atoms with van der Waals surface area (Å²) >= 11 is 0. The maximum Gasteiger partial charge on any atom is 0.342 e. The smallest absolute Gasteiger partial charge is 0.342 e. The summed E-state index contributed by atoms with van der Waals surface area (Å²) in [4.78, 5) is -1.91. The molecule has 10 nitrogen and oxygen atoms in total. The fourth-order valence-electron chi connectivity index (χ4n) is 2.69. The molecule has 0 amide bonds. The van der Waals surface area contributed by atoms with Crippen LogP contribution in [0.1, 0.15) is 11.1 Å². The van der Waals surface area contributed by atoms with Gasteiger partial charge in [-0.25, -0.2) is 0 Å². The minimum atomic E-state index is -5.08. The van der Waals surface area contributed by atoms with E-state index < -0.39 is 57.4 Å². The summed E-state index contributed by atoms with van der Waals surface area (Å²) in [5, 5.41) is 9.92. The van der Waals surface area contributed by atoms with E-state index >= 15 is 0 Å². The summed E-state index contributed by atoms with van der Waals surface area (Å²) in [5.41, 5.74) is 1.35. The maximum atomic E-state index is 12.6. The number of hydrogen-bond acceptors (Lipinski definition) is 9. The lowest BCUT2D eigenvalue weighted by Crippen LogP contribution is -2.14. The van der Waals surface area contributed by atoms with Crippen LogP contribution < -0.4 is 8.37 Å². The zero-order chi connectivity index (χ0) is 24.6. The van der Waals surface area contributed by atoms with Gasteiger partial charge >= 0.3 is 20.2 Å². The van der Waals surface area contributed by atoms with Crippen molar-refractivity contribution >= 4 is 30.4 Å². The lowest BCUT2D eigenvalue weighted by molar-refractivity contribution is 0.439. The minimum absolute atomic E-state index is 0.209. The highest BCUT2D eigenvalue weighted by Crippen LogP contribution is 2.33. The number of phenols is 1. The molecule has 3 aromatic carbocycles. The number of phenolic OH excluding ortho intramolecular Hbond substituents is 1. The molecule has 176 valence electrons. The second-order valence-electron chi connectivity index (χ2n) is 6.94. The monoisotopic (exact) mass is 514 g/mol. The Bertz CT molecular complexity index is 1520. The molecule has 0 saturated carbocycles. The van der Waals surface area contributed by atoms with Crippen molar-refractivity contribution in [3.8, 4) is 17.2 Å². The van der Waals surface area contributed by atoms with Gasteiger partial charge in [-0.2, -0.15) is 25.3 Å². The molecule has 2 N–H and O–H groups in total. The molecule has 3 aromatic rings. The van der Waals surface area contributed by atoms with Crippen molar-refractivity contribution in [1.29, 1.82) is 0 Å². The molecule has 0 spiro atoms. The Balaban J connectivity index is 2.00. The summed E-state index contributed by atoms with van der Waals surface area (Å²) in [6.07, 6.45) is 0. The zero-order valence-electron chi connectivity index (χ0n) is 17.2. The van der Waals surface area contributed by atoms with Crippen LogP contribution >= 0.6 is 0 Å². The van der Waals surface area contributed by atoms with Crippen LogP contribution in [0.25, 0.3) is 0 Å². The molecule has 0 atom stereocenters. The van der Waals surface area contributed by atoms with Gasteiger partial charge in [0.05, 0.1) is 0 Å². The largest absolute Gasteiger partial charge is 0.506 e. The molecule has 0 radical (unpaired) electrons. The van der Waals surface area contributed by atoms with Gasteiger partial charge in [0.2, 0.25) is 0 Å². The molecule has 0 unspecified atom stereocenters. The molecule has 33 heavy (non-hydrogen) atoms. The highest BCUT2D eigenvalue weighted by atomic mass is 32.2. The number of hydrogen-bond donors (Lipinski definition) is 2. The van der Waals surface area contributed by atoms with Crippen molar-refractivity contribution in [2.75, 3.05) is 0 Å². The van der Waals surface area contributed by atoms with Gasteiger partial charge in [-0.15, -0.1) is 0 Å². The van der Waals surface area contributed by atoms with Gasteiger partial charge in [0.1, 0.15) is 26.2 Å². The second-order valence-corrected chi connectivity index (χ2v) is 11.4. The zero-order valence-corrected chi connectivity index (χ0v) is 19.6. The molecule has 0 aliphatic heterocycles. The molecule has 3 rings (SSSR count). The van der Waals surface area contributed by atoms with Crippen molar-refractivity contribution < 1.29 is 43.3 Å². The first-order valence-corrected chi connectivity index (χ1v) is 13.3. The third-order valence-electron chi connectivity index (χ3n) is 4.29. The van der Waals surface area contributed by atoms with Gasteiger partial charge in [-0.1, -0.05) is 23.8 Å². The van der Waals surface area contributed by atoms with E-state index in [1.165, 1.54) is 30.3 Å². The number of aryl methyl sites for hydroxylation is 2. The third-order valence-corrected chi connectivity index (χ3v) is 7.71. The van der Waals surface area contributed by atoms with E-state index in [2.05, 4.69) is 0 Å². The van der Waals surface area contributed by atoms with Gasteiger partial charge < -0.3 is 13.5 Å². The molecule has 0 saturated heterocycles. The van der Waals surface area contributed by atoms with Crippen molar-refractivity contribution in [1.82, 2.24) is 0 Å². The predicted molar refractivity (Wildman–Crippen MR) is 116 cm³/mol. The van der Waals surface area contributed by atoms with Gasteiger partial charge in [0.15, 0.2) is 5.75 Å². The van der Waals surface area contributed by atoms with Crippen molar-refractivity contribution in [2.24, 2.45) is 0 Å². The first-order chi connectivity index (χ1) is 15.2. The first-order valence-electron chi connectivity index (χ1n) is 9.06. The summed E-state index contributed by atoms with van der Waals surface area (Å²) in [5.74, 6) is -1.99.